The molecule has 0 bridgehead atoms. The van der Waals surface area contributed by atoms with Crippen molar-refractivity contribution < 1.29 is 23.9 Å². The predicted molar refractivity (Wildman–Crippen MR) is 111 cm³/mol. The Labute approximate surface area is 173 Å². The molecule has 2 amide bonds. The molecule has 0 fully saturated rings. The molecule has 0 radical (unpaired) electrons. The van der Waals surface area contributed by atoms with Crippen LogP contribution >= 0.6 is 11.8 Å². The van der Waals surface area contributed by atoms with Crippen LogP contribution in [0.25, 0.3) is 0 Å². The van der Waals surface area contributed by atoms with Crippen molar-refractivity contribution in [2.75, 3.05) is 17.7 Å². The highest BCUT2D eigenvalue weighted by Crippen LogP contribution is 2.36. The highest BCUT2D eigenvalue weighted by atomic mass is 32.2. The van der Waals surface area contributed by atoms with Gasteiger partial charge in [-0.25, -0.2) is 0 Å². The molecule has 1 heterocycles. The second-order valence-electron chi connectivity index (χ2n) is 6.62. The zero-order chi connectivity index (χ0) is 21.0. The number of esters is 1. The lowest BCUT2D eigenvalue weighted by Gasteiger charge is -2.23. The summed E-state index contributed by atoms with van der Waals surface area (Å²) < 4.78 is 10.5. The van der Waals surface area contributed by atoms with E-state index in [0.29, 0.717) is 11.4 Å². The van der Waals surface area contributed by atoms with Crippen LogP contribution in [-0.2, 0) is 19.1 Å². The molecular formula is C21H22N2O5S. The van der Waals surface area contributed by atoms with E-state index in [2.05, 4.69) is 10.6 Å². The number of carbonyl (C=O) groups excluding carboxylic acids is 3. The molecule has 0 saturated carbocycles. The molecule has 152 valence electrons. The third-order valence-electron chi connectivity index (χ3n) is 4.35. The van der Waals surface area contributed by atoms with Gasteiger partial charge in [0.1, 0.15) is 5.75 Å². The summed E-state index contributed by atoms with van der Waals surface area (Å²) in [5.74, 6) is -0.840. The van der Waals surface area contributed by atoms with E-state index in [9.17, 15) is 14.4 Å². The number of fused-ring (bicyclic) bond motifs is 1. The standard InChI is InChI=1S/C21H22N2O5S/c1-12-8-9-16(27-3)15(10-12)23-20(25)13(2)28-19(24)11-18-21(26)22-14-6-4-5-7-17(14)29-18/h4-10,13,18H,11H2,1-3H3,(H,22,26)(H,23,25)/t13-,18-/m0/s1. The highest BCUT2D eigenvalue weighted by Gasteiger charge is 2.30. The van der Waals surface area contributed by atoms with Gasteiger partial charge in [0.05, 0.1) is 30.2 Å². The number of methoxy groups -OCH3 is 1. The third kappa shape index (κ3) is 5.08. The number of benzene rings is 2. The first-order chi connectivity index (χ1) is 13.9. The highest BCUT2D eigenvalue weighted by molar-refractivity contribution is 8.01. The molecule has 7 nitrogen and oxygen atoms in total. The summed E-state index contributed by atoms with van der Waals surface area (Å²) in [5.41, 5.74) is 2.18. The van der Waals surface area contributed by atoms with Crippen LogP contribution in [0.2, 0.25) is 0 Å². The molecule has 29 heavy (non-hydrogen) atoms. The van der Waals surface area contributed by atoms with E-state index in [1.165, 1.54) is 25.8 Å². The summed E-state index contributed by atoms with van der Waals surface area (Å²) in [6.45, 7) is 3.38. The fourth-order valence-corrected chi connectivity index (χ4v) is 3.93. The topological polar surface area (TPSA) is 93.7 Å². The van der Waals surface area contributed by atoms with Gasteiger partial charge in [0, 0.05) is 4.90 Å². The molecule has 1 aliphatic rings. The number of amides is 2. The largest absolute Gasteiger partial charge is 0.495 e. The number of nitrogens with one attached hydrogen (secondary N) is 2. The Morgan fingerprint density at radius 3 is 2.76 bits per heavy atom. The minimum atomic E-state index is -1.02. The zero-order valence-electron chi connectivity index (χ0n) is 16.4. The summed E-state index contributed by atoms with van der Waals surface area (Å²) in [6, 6.07) is 12.8. The quantitative estimate of drug-likeness (QED) is 0.704. The van der Waals surface area contributed by atoms with E-state index in [0.717, 1.165) is 16.1 Å². The zero-order valence-corrected chi connectivity index (χ0v) is 17.2. The van der Waals surface area contributed by atoms with Gasteiger partial charge in [-0.05, 0) is 43.7 Å². The van der Waals surface area contributed by atoms with Crippen molar-refractivity contribution >= 4 is 40.9 Å². The molecule has 1 aliphatic heterocycles. The minimum absolute atomic E-state index is 0.129. The van der Waals surface area contributed by atoms with Gasteiger partial charge < -0.3 is 20.1 Å². The number of carbonyl (C=O) groups is 3. The van der Waals surface area contributed by atoms with Gasteiger partial charge in [0.15, 0.2) is 6.10 Å². The number of para-hydroxylation sites is 1. The number of ether oxygens (including phenoxy) is 2. The fraction of sp³-hybridized carbons (Fsp3) is 0.286. The Bertz CT molecular complexity index is 946. The van der Waals surface area contributed by atoms with Gasteiger partial charge in [0.25, 0.3) is 5.91 Å². The molecular weight excluding hydrogens is 392 g/mol. The van der Waals surface area contributed by atoms with Gasteiger partial charge in [-0.3, -0.25) is 14.4 Å². The number of thioether (sulfide) groups is 1. The number of anilines is 2. The van der Waals surface area contributed by atoms with Crippen molar-refractivity contribution in [2.45, 2.75) is 36.5 Å². The van der Waals surface area contributed by atoms with Crippen molar-refractivity contribution in [1.82, 2.24) is 0 Å². The van der Waals surface area contributed by atoms with Crippen molar-refractivity contribution in [1.29, 1.82) is 0 Å². The molecule has 0 saturated heterocycles. The van der Waals surface area contributed by atoms with Gasteiger partial charge in [-0.15, -0.1) is 11.8 Å². The van der Waals surface area contributed by atoms with Crippen molar-refractivity contribution in [3.05, 3.63) is 48.0 Å². The summed E-state index contributed by atoms with van der Waals surface area (Å²) in [4.78, 5) is 37.8. The van der Waals surface area contributed by atoms with Gasteiger partial charge >= 0.3 is 5.97 Å². The molecule has 2 aromatic carbocycles. The Balaban J connectivity index is 1.57. The first kappa shape index (κ1) is 20.7. The van der Waals surface area contributed by atoms with E-state index in [1.807, 2.05) is 31.2 Å². The van der Waals surface area contributed by atoms with Crippen LogP contribution < -0.4 is 15.4 Å². The molecule has 2 aromatic rings. The number of hydrogen-bond acceptors (Lipinski definition) is 6. The summed E-state index contributed by atoms with van der Waals surface area (Å²) in [6.07, 6.45) is -1.15. The lowest BCUT2D eigenvalue weighted by Crippen LogP contribution is -2.34. The van der Waals surface area contributed by atoms with Gasteiger partial charge in [-0.1, -0.05) is 18.2 Å². The second kappa shape index (κ2) is 9.00. The third-order valence-corrected chi connectivity index (χ3v) is 5.62. The van der Waals surface area contributed by atoms with Gasteiger partial charge in [-0.2, -0.15) is 0 Å². The van der Waals surface area contributed by atoms with Crippen LogP contribution in [0.3, 0.4) is 0 Å². The Morgan fingerprint density at radius 2 is 2.00 bits per heavy atom. The van der Waals surface area contributed by atoms with E-state index in [-0.39, 0.29) is 12.3 Å². The monoisotopic (exact) mass is 414 g/mol. The average molecular weight is 414 g/mol. The number of aryl methyl sites for hydroxylation is 1. The Morgan fingerprint density at radius 1 is 1.24 bits per heavy atom. The van der Waals surface area contributed by atoms with E-state index >= 15 is 0 Å². The molecule has 0 unspecified atom stereocenters. The molecule has 0 aliphatic carbocycles. The normalized spacial score (nSPS) is 16.2. The average Bonchev–Trinajstić information content (AvgIpc) is 2.68. The van der Waals surface area contributed by atoms with Crippen LogP contribution in [0, 0.1) is 6.92 Å². The maximum atomic E-state index is 12.4. The lowest BCUT2D eigenvalue weighted by molar-refractivity contribution is -0.153. The molecule has 2 atom stereocenters. The first-order valence-corrected chi connectivity index (χ1v) is 9.97. The molecule has 0 aromatic heterocycles. The second-order valence-corrected chi connectivity index (χ2v) is 7.87. The Kier molecular flexibility index (Phi) is 6.43. The smallest absolute Gasteiger partial charge is 0.308 e. The van der Waals surface area contributed by atoms with Crippen LogP contribution in [-0.4, -0.2) is 36.2 Å². The minimum Gasteiger partial charge on any atom is -0.495 e. The Hall–Kier alpha value is -3.00. The lowest BCUT2D eigenvalue weighted by atomic mass is 10.2. The summed E-state index contributed by atoms with van der Waals surface area (Å²) >= 11 is 1.31. The van der Waals surface area contributed by atoms with Crippen LogP contribution in [0.5, 0.6) is 5.75 Å². The maximum absolute atomic E-state index is 12.4. The van der Waals surface area contributed by atoms with Gasteiger partial charge in [0.2, 0.25) is 5.91 Å². The van der Waals surface area contributed by atoms with Crippen molar-refractivity contribution in [2.24, 2.45) is 0 Å². The van der Waals surface area contributed by atoms with E-state index in [1.54, 1.807) is 18.2 Å². The van der Waals surface area contributed by atoms with Crippen LogP contribution in [0.15, 0.2) is 47.4 Å². The maximum Gasteiger partial charge on any atom is 0.308 e. The van der Waals surface area contributed by atoms with Crippen LogP contribution in [0.4, 0.5) is 11.4 Å². The van der Waals surface area contributed by atoms with E-state index < -0.39 is 23.2 Å². The first-order valence-electron chi connectivity index (χ1n) is 9.09. The van der Waals surface area contributed by atoms with Crippen molar-refractivity contribution in [3.8, 4) is 5.75 Å². The molecule has 8 heteroatoms. The number of hydrogen-bond donors (Lipinski definition) is 2. The summed E-state index contributed by atoms with van der Waals surface area (Å²) in [7, 11) is 1.51. The fourth-order valence-electron chi connectivity index (χ4n) is 2.83. The van der Waals surface area contributed by atoms with E-state index in [4.69, 9.17) is 9.47 Å². The molecule has 2 N–H and O–H groups in total. The van der Waals surface area contributed by atoms with Crippen LogP contribution in [0.1, 0.15) is 18.9 Å². The SMILES string of the molecule is COc1ccc(C)cc1NC(=O)[C@H](C)OC(=O)C[C@@H]1Sc2ccccc2NC1=O. The predicted octanol–water partition coefficient (Wildman–Crippen LogP) is 3.38. The molecule has 0 spiro atoms. The summed E-state index contributed by atoms with van der Waals surface area (Å²) in [5, 5.41) is 4.88. The van der Waals surface area contributed by atoms with Crippen molar-refractivity contribution in [3.63, 3.8) is 0 Å². The molecule has 3 rings (SSSR count). The number of rotatable bonds is 6.